The van der Waals surface area contributed by atoms with Gasteiger partial charge in [-0.15, -0.1) is 0 Å². The molecule has 5 nitrogen and oxygen atoms in total. The van der Waals surface area contributed by atoms with Gasteiger partial charge in [-0.25, -0.2) is 0 Å². The lowest BCUT2D eigenvalue weighted by Crippen LogP contribution is -2.29. The molecule has 1 saturated heterocycles. The Morgan fingerprint density at radius 3 is 3.13 bits per heavy atom. The lowest BCUT2D eigenvalue weighted by atomic mass is 10.1. The van der Waals surface area contributed by atoms with E-state index in [0.29, 0.717) is 24.4 Å². The molecule has 1 N–H and O–H groups in total. The van der Waals surface area contributed by atoms with Crippen molar-refractivity contribution in [2.45, 2.75) is 13.3 Å². The summed E-state index contributed by atoms with van der Waals surface area (Å²) < 4.78 is 4.85. The first-order valence-electron chi connectivity index (χ1n) is 5.03. The zero-order chi connectivity index (χ0) is 10.8. The smallest absolute Gasteiger partial charge is 0.259 e. The number of nitrogens with zero attached hydrogens (tertiary/aromatic N) is 2. The van der Waals surface area contributed by atoms with Gasteiger partial charge in [0.15, 0.2) is 0 Å². The summed E-state index contributed by atoms with van der Waals surface area (Å²) in [5.74, 6) is 0.714. The van der Waals surface area contributed by atoms with Crippen LogP contribution in [0.2, 0.25) is 0 Å². The molecule has 15 heavy (non-hydrogen) atoms. The van der Waals surface area contributed by atoms with Crippen LogP contribution >= 0.6 is 0 Å². The van der Waals surface area contributed by atoms with Crippen LogP contribution in [0.4, 0.5) is 0 Å². The van der Waals surface area contributed by atoms with Gasteiger partial charge >= 0.3 is 0 Å². The second kappa shape index (κ2) is 4.02. The molecular weight excluding hydrogens is 196 g/mol. The molecule has 1 aliphatic rings. The van der Waals surface area contributed by atoms with Crippen molar-refractivity contribution in [3.05, 3.63) is 17.5 Å². The number of carbonyl (C=O) groups is 1. The third-order valence-corrected chi connectivity index (χ3v) is 2.81. The maximum absolute atomic E-state index is 11.9. The minimum atomic E-state index is -0.0512. The minimum absolute atomic E-state index is 0.0512. The lowest BCUT2D eigenvalue weighted by Gasteiger charge is -2.14. The molecule has 1 atom stereocenters. The van der Waals surface area contributed by atoms with Crippen LogP contribution in [-0.2, 0) is 0 Å². The number of aliphatic hydroxyl groups excluding tert-OH is 1. The highest BCUT2D eigenvalue weighted by Crippen LogP contribution is 2.19. The molecule has 0 bridgehead atoms. The maximum Gasteiger partial charge on any atom is 0.259 e. The number of carbonyl (C=O) groups excluding carboxylic acids is 1. The maximum atomic E-state index is 11.9. The fourth-order valence-corrected chi connectivity index (χ4v) is 1.84. The zero-order valence-electron chi connectivity index (χ0n) is 8.64. The highest BCUT2D eigenvalue weighted by molar-refractivity contribution is 5.94. The molecule has 0 aromatic carbocycles. The van der Waals surface area contributed by atoms with Crippen molar-refractivity contribution >= 4 is 5.91 Å². The first-order chi connectivity index (χ1) is 7.22. The van der Waals surface area contributed by atoms with Gasteiger partial charge in [-0.2, -0.15) is 0 Å². The van der Waals surface area contributed by atoms with Gasteiger partial charge in [0.25, 0.3) is 5.91 Å². The van der Waals surface area contributed by atoms with Crippen LogP contribution in [0, 0.1) is 12.8 Å². The number of aromatic nitrogens is 1. The zero-order valence-corrected chi connectivity index (χ0v) is 8.64. The molecule has 0 aliphatic carbocycles. The highest BCUT2D eigenvalue weighted by atomic mass is 16.5. The van der Waals surface area contributed by atoms with Gasteiger partial charge in [-0.3, -0.25) is 4.79 Å². The van der Waals surface area contributed by atoms with Gasteiger partial charge in [0, 0.05) is 25.6 Å². The van der Waals surface area contributed by atoms with Gasteiger partial charge in [0.2, 0.25) is 0 Å². The van der Waals surface area contributed by atoms with Crippen LogP contribution in [0.25, 0.3) is 0 Å². The minimum Gasteiger partial charge on any atom is -0.396 e. The Bertz CT molecular complexity index is 361. The topological polar surface area (TPSA) is 66.6 Å². The standard InChI is InChI=1S/C10H14N2O3/c1-7-9(4-11-15-7)10(14)12-3-2-8(5-12)6-13/h4,8,13H,2-3,5-6H2,1H3/t8-/m0/s1. The Kier molecular flexibility index (Phi) is 2.73. The number of likely N-dealkylation sites (tertiary alicyclic amines) is 1. The van der Waals surface area contributed by atoms with Gasteiger partial charge in [0.1, 0.15) is 11.3 Å². The summed E-state index contributed by atoms with van der Waals surface area (Å²) in [6.45, 7) is 3.20. The fourth-order valence-electron chi connectivity index (χ4n) is 1.84. The Morgan fingerprint density at radius 1 is 1.80 bits per heavy atom. The fraction of sp³-hybridized carbons (Fsp3) is 0.600. The molecule has 0 spiro atoms. The van der Waals surface area contributed by atoms with Crippen molar-refractivity contribution in [3.8, 4) is 0 Å². The van der Waals surface area contributed by atoms with Crippen molar-refractivity contribution in [3.63, 3.8) is 0 Å². The van der Waals surface area contributed by atoms with Gasteiger partial charge < -0.3 is 14.5 Å². The van der Waals surface area contributed by atoms with Crippen molar-refractivity contribution < 1.29 is 14.4 Å². The molecule has 0 unspecified atom stereocenters. The Labute approximate surface area is 87.7 Å². The number of hydrogen-bond donors (Lipinski definition) is 1. The molecule has 0 radical (unpaired) electrons. The number of rotatable bonds is 2. The first-order valence-corrected chi connectivity index (χ1v) is 5.03. The van der Waals surface area contributed by atoms with E-state index in [1.807, 2.05) is 0 Å². The van der Waals surface area contributed by atoms with Crippen LogP contribution in [0.3, 0.4) is 0 Å². The summed E-state index contributed by atoms with van der Waals surface area (Å²) in [4.78, 5) is 13.7. The molecule has 1 aromatic heterocycles. The Morgan fingerprint density at radius 2 is 2.60 bits per heavy atom. The number of hydrogen-bond acceptors (Lipinski definition) is 4. The number of aliphatic hydroxyl groups is 1. The van der Waals surface area contributed by atoms with Crippen molar-refractivity contribution in [2.75, 3.05) is 19.7 Å². The molecule has 2 rings (SSSR count). The Hall–Kier alpha value is -1.36. The van der Waals surface area contributed by atoms with Crippen LogP contribution in [0.5, 0.6) is 0 Å². The van der Waals surface area contributed by atoms with E-state index in [9.17, 15) is 4.79 Å². The van der Waals surface area contributed by atoms with E-state index in [2.05, 4.69) is 5.16 Å². The monoisotopic (exact) mass is 210 g/mol. The van der Waals surface area contributed by atoms with Crippen molar-refractivity contribution in [1.29, 1.82) is 0 Å². The van der Waals surface area contributed by atoms with Gasteiger partial charge in [-0.1, -0.05) is 5.16 Å². The molecule has 82 valence electrons. The SMILES string of the molecule is Cc1oncc1C(=O)N1CC[C@H](CO)C1. The van der Waals surface area contributed by atoms with E-state index in [1.165, 1.54) is 6.20 Å². The summed E-state index contributed by atoms with van der Waals surface area (Å²) in [5.41, 5.74) is 0.522. The molecule has 1 amide bonds. The van der Waals surface area contributed by atoms with Crippen LogP contribution in [0.15, 0.2) is 10.7 Å². The van der Waals surface area contributed by atoms with Crippen molar-refractivity contribution in [1.82, 2.24) is 10.1 Å². The van der Waals surface area contributed by atoms with Crippen LogP contribution < -0.4 is 0 Å². The summed E-state index contributed by atoms with van der Waals surface area (Å²) >= 11 is 0. The summed E-state index contributed by atoms with van der Waals surface area (Å²) in [6.07, 6.45) is 2.32. The van der Waals surface area contributed by atoms with E-state index in [1.54, 1.807) is 11.8 Å². The van der Waals surface area contributed by atoms with Gasteiger partial charge in [-0.05, 0) is 13.3 Å². The normalized spacial score (nSPS) is 20.9. The molecule has 5 heteroatoms. The molecule has 1 fully saturated rings. The molecule has 0 saturated carbocycles. The van der Waals surface area contributed by atoms with E-state index in [-0.39, 0.29) is 18.4 Å². The predicted molar refractivity (Wildman–Crippen MR) is 52.3 cm³/mol. The third kappa shape index (κ3) is 1.87. The second-order valence-electron chi connectivity index (χ2n) is 3.88. The summed E-state index contributed by atoms with van der Waals surface area (Å²) in [7, 11) is 0. The average Bonchev–Trinajstić information content (AvgIpc) is 2.84. The molecule has 1 aliphatic heterocycles. The number of aryl methyl sites for hydroxylation is 1. The average molecular weight is 210 g/mol. The lowest BCUT2D eigenvalue weighted by molar-refractivity contribution is 0.0780. The number of amides is 1. The predicted octanol–water partition coefficient (Wildman–Crippen LogP) is 0.437. The second-order valence-corrected chi connectivity index (χ2v) is 3.88. The first kappa shape index (κ1) is 10.2. The van der Waals surface area contributed by atoms with Crippen LogP contribution in [-0.4, -0.2) is 40.8 Å². The van der Waals surface area contributed by atoms with E-state index in [0.717, 1.165) is 6.42 Å². The summed E-state index contributed by atoms with van der Waals surface area (Å²) in [5, 5.41) is 12.6. The van der Waals surface area contributed by atoms with Gasteiger partial charge in [0.05, 0.1) is 6.20 Å². The van der Waals surface area contributed by atoms with Crippen LogP contribution in [0.1, 0.15) is 22.5 Å². The van der Waals surface area contributed by atoms with Crippen molar-refractivity contribution in [2.24, 2.45) is 5.92 Å². The molecular formula is C10H14N2O3. The van der Waals surface area contributed by atoms with E-state index in [4.69, 9.17) is 9.63 Å². The quantitative estimate of drug-likeness (QED) is 0.769. The Balaban J connectivity index is 2.07. The summed E-state index contributed by atoms with van der Waals surface area (Å²) in [6, 6.07) is 0. The van der Waals surface area contributed by atoms with E-state index >= 15 is 0 Å². The van der Waals surface area contributed by atoms with E-state index < -0.39 is 0 Å². The highest BCUT2D eigenvalue weighted by Gasteiger charge is 2.28. The molecule has 1 aromatic rings. The largest absolute Gasteiger partial charge is 0.396 e. The third-order valence-electron chi connectivity index (χ3n) is 2.81. The molecule has 2 heterocycles.